The summed E-state index contributed by atoms with van der Waals surface area (Å²) in [5, 5.41) is 3.96. The minimum Gasteiger partial charge on any atom is -0.346 e. The van der Waals surface area contributed by atoms with E-state index in [4.69, 9.17) is 4.52 Å². The summed E-state index contributed by atoms with van der Waals surface area (Å²) in [6, 6.07) is 1.88. The van der Waals surface area contributed by atoms with Crippen molar-refractivity contribution in [2.75, 3.05) is 38.1 Å². The molecule has 1 aromatic rings. The number of rotatable bonds is 4. The average Bonchev–Trinajstić information content (AvgIpc) is 3.01. The van der Waals surface area contributed by atoms with E-state index in [2.05, 4.69) is 26.9 Å². The Balaban J connectivity index is 1.20. The summed E-state index contributed by atoms with van der Waals surface area (Å²) in [6.45, 7) is 8.02. The maximum atomic E-state index is 12.4. The molecule has 4 fully saturated rings. The molecule has 4 aliphatic rings. The van der Waals surface area contributed by atoms with E-state index in [1.165, 1.54) is 19.3 Å². The van der Waals surface area contributed by atoms with Crippen molar-refractivity contribution in [1.82, 2.24) is 19.9 Å². The highest BCUT2D eigenvalue weighted by molar-refractivity contribution is 5.82. The zero-order valence-electron chi connectivity index (χ0n) is 16.0. The van der Waals surface area contributed by atoms with Crippen molar-refractivity contribution < 1.29 is 9.32 Å². The van der Waals surface area contributed by atoms with Crippen molar-refractivity contribution in [2.24, 2.45) is 23.7 Å². The number of amides is 1. The molecule has 6 atom stereocenters. The molecule has 3 heterocycles. The Morgan fingerprint density at radius 2 is 1.92 bits per heavy atom. The Bertz CT molecular complexity index is 694. The average molecular weight is 359 g/mol. The zero-order chi connectivity index (χ0) is 18.0. The van der Waals surface area contributed by atoms with Crippen LogP contribution in [0.3, 0.4) is 0 Å². The lowest BCUT2D eigenvalue weighted by Crippen LogP contribution is -2.43. The molecular weight excluding hydrogens is 330 g/mol. The maximum absolute atomic E-state index is 12.4. The smallest absolute Gasteiger partial charge is 0.324 e. The number of aryl methyl sites for hydroxylation is 1. The summed E-state index contributed by atoms with van der Waals surface area (Å²) in [4.78, 5) is 23.8. The van der Waals surface area contributed by atoms with Gasteiger partial charge in [0.15, 0.2) is 5.82 Å². The van der Waals surface area contributed by atoms with Gasteiger partial charge >= 0.3 is 6.01 Å². The van der Waals surface area contributed by atoms with Gasteiger partial charge in [0.2, 0.25) is 5.91 Å². The number of hydrogen-bond donors (Lipinski definition) is 0. The highest BCUT2D eigenvalue weighted by Crippen LogP contribution is 2.54. The molecule has 5 rings (SSSR count). The monoisotopic (exact) mass is 359 g/mol. The van der Waals surface area contributed by atoms with Gasteiger partial charge in [0.1, 0.15) is 0 Å². The molecule has 0 N–H and O–H groups in total. The molecule has 142 valence electrons. The van der Waals surface area contributed by atoms with Crippen LogP contribution in [0.2, 0.25) is 0 Å². The van der Waals surface area contributed by atoms with Gasteiger partial charge in [-0.3, -0.25) is 9.69 Å². The first kappa shape index (κ1) is 16.5. The van der Waals surface area contributed by atoms with E-state index in [0.717, 1.165) is 32.1 Å². The lowest BCUT2D eigenvalue weighted by molar-refractivity contribution is -0.132. The van der Waals surface area contributed by atoms with E-state index in [1.54, 1.807) is 0 Å². The fourth-order valence-electron chi connectivity index (χ4n) is 5.77. The molecular formula is C19H29N5O2. The predicted octanol–water partition coefficient (Wildman–Crippen LogP) is 1.39. The molecule has 2 aliphatic heterocycles. The van der Waals surface area contributed by atoms with Crippen LogP contribution in [0, 0.1) is 30.6 Å². The summed E-state index contributed by atoms with van der Waals surface area (Å²) in [6.07, 6.45) is 3.71. The standard InChI is InChI=1S/C19H29N5O2/c1-4-22(3)18(25)17-15-9-23(10-16(15)17)13-5-12-6-14(7-13)24(8-12)19-20-11(2)21-26-19/h12-17H,4-10H2,1-3H3/t12?,13?,14?,15-,16+,17?. The predicted molar refractivity (Wildman–Crippen MR) is 96.7 cm³/mol. The fourth-order valence-corrected chi connectivity index (χ4v) is 5.77. The van der Waals surface area contributed by atoms with Crippen molar-refractivity contribution in [3.8, 4) is 0 Å². The van der Waals surface area contributed by atoms with Gasteiger partial charge in [-0.05, 0) is 50.9 Å². The van der Waals surface area contributed by atoms with Gasteiger partial charge in [0, 0.05) is 51.2 Å². The van der Waals surface area contributed by atoms with Crippen LogP contribution in [0.1, 0.15) is 32.0 Å². The van der Waals surface area contributed by atoms with Crippen molar-refractivity contribution >= 4 is 11.9 Å². The molecule has 7 heteroatoms. The SMILES string of the molecule is CCN(C)C(=O)C1[C@H]2CN(C3CC4CC(C3)N(c3nc(C)no3)C4)C[C@@H]12. The minimum absolute atomic E-state index is 0.300. The second-order valence-corrected chi connectivity index (χ2v) is 8.82. The molecule has 1 aromatic heterocycles. The Hall–Kier alpha value is -1.63. The Kier molecular flexibility index (Phi) is 3.78. The number of anilines is 1. The first-order chi connectivity index (χ1) is 12.5. The van der Waals surface area contributed by atoms with Crippen molar-refractivity contribution in [3.05, 3.63) is 5.82 Å². The van der Waals surface area contributed by atoms with Gasteiger partial charge in [0.05, 0.1) is 0 Å². The molecule has 7 nitrogen and oxygen atoms in total. The van der Waals surface area contributed by atoms with Gasteiger partial charge in [-0.15, -0.1) is 0 Å². The third kappa shape index (κ3) is 2.54. The maximum Gasteiger partial charge on any atom is 0.324 e. The molecule has 2 bridgehead atoms. The molecule has 1 amide bonds. The first-order valence-corrected chi connectivity index (χ1v) is 10.1. The van der Waals surface area contributed by atoms with Crippen LogP contribution in [-0.2, 0) is 4.79 Å². The molecule has 2 saturated heterocycles. The number of carbonyl (C=O) groups is 1. The van der Waals surface area contributed by atoms with E-state index >= 15 is 0 Å². The zero-order valence-corrected chi connectivity index (χ0v) is 16.0. The van der Waals surface area contributed by atoms with Crippen molar-refractivity contribution in [2.45, 2.75) is 45.2 Å². The summed E-state index contributed by atoms with van der Waals surface area (Å²) in [7, 11) is 1.93. The van der Waals surface area contributed by atoms with E-state index in [-0.39, 0.29) is 0 Å². The van der Waals surface area contributed by atoms with Crippen LogP contribution in [0.25, 0.3) is 0 Å². The summed E-state index contributed by atoms with van der Waals surface area (Å²) < 4.78 is 5.42. The molecule has 4 unspecified atom stereocenters. The lowest BCUT2D eigenvalue weighted by atomic mass is 9.85. The summed E-state index contributed by atoms with van der Waals surface area (Å²) in [5.41, 5.74) is 0. The van der Waals surface area contributed by atoms with Crippen LogP contribution in [0.5, 0.6) is 0 Å². The Morgan fingerprint density at radius 3 is 2.58 bits per heavy atom. The first-order valence-electron chi connectivity index (χ1n) is 10.1. The van der Waals surface area contributed by atoms with Gasteiger partial charge < -0.3 is 14.3 Å². The van der Waals surface area contributed by atoms with Crippen LogP contribution < -0.4 is 4.90 Å². The molecule has 26 heavy (non-hydrogen) atoms. The number of piperidine rings is 1. The van der Waals surface area contributed by atoms with Crippen LogP contribution in [-0.4, -0.2) is 71.2 Å². The topological polar surface area (TPSA) is 65.7 Å². The molecule has 2 aliphatic carbocycles. The summed E-state index contributed by atoms with van der Waals surface area (Å²) in [5.74, 6) is 3.31. The van der Waals surface area contributed by atoms with E-state index in [1.807, 2.05) is 18.9 Å². The van der Waals surface area contributed by atoms with E-state index in [9.17, 15) is 4.79 Å². The van der Waals surface area contributed by atoms with Gasteiger partial charge in [-0.25, -0.2) is 0 Å². The van der Waals surface area contributed by atoms with Crippen LogP contribution in [0.4, 0.5) is 6.01 Å². The lowest BCUT2D eigenvalue weighted by Gasteiger charge is -2.36. The molecule has 0 aromatic carbocycles. The quantitative estimate of drug-likeness (QED) is 0.809. The van der Waals surface area contributed by atoms with Gasteiger partial charge in [-0.1, -0.05) is 5.16 Å². The minimum atomic E-state index is 0.300. The van der Waals surface area contributed by atoms with Crippen molar-refractivity contribution in [1.29, 1.82) is 0 Å². The molecule has 2 saturated carbocycles. The van der Waals surface area contributed by atoms with Crippen LogP contribution in [0.15, 0.2) is 4.52 Å². The molecule has 0 radical (unpaired) electrons. The largest absolute Gasteiger partial charge is 0.346 e. The third-order valence-electron chi connectivity index (χ3n) is 7.29. The Labute approximate surface area is 154 Å². The molecule has 0 spiro atoms. The number of carbonyl (C=O) groups excluding carboxylic acids is 1. The van der Waals surface area contributed by atoms with Crippen LogP contribution >= 0.6 is 0 Å². The highest BCUT2D eigenvalue weighted by atomic mass is 16.5. The Morgan fingerprint density at radius 1 is 1.19 bits per heavy atom. The van der Waals surface area contributed by atoms with Gasteiger partial charge in [-0.2, -0.15) is 4.98 Å². The van der Waals surface area contributed by atoms with Gasteiger partial charge in [0.25, 0.3) is 0 Å². The number of nitrogens with zero attached hydrogens (tertiary/aromatic N) is 5. The number of hydrogen-bond acceptors (Lipinski definition) is 6. The highest BCUT2D eigenvalue weighted by Gasteiger charge is 2.61. The number of likely N-dealkylation sites (tertiary alicyclic amines) is 1. The number of fused-ring (bicyclic) bond motifs is 3. The second kappa shape index (κ2) is 5.94. The summed E-state index contributed by atoms with van der Waals surface area (Å²) >= 11 is 0. The van der Waals surface area contributed by atoms with E-state index < -0.39 is 0 Å². The third-order valence-corrected chi connectivity index (χ3v) is 7.29. The fraction of sp³-hybridized carbons (Fsp3) is 0.842. The van der Waals surface area contributed by atoms with E-state index in [0.29, 0.717) is 47.6 Å². The second-order valence-electron chi connectivity index (χ2n) is 8.82. The van der Waals surface area contributed by atoms with Crippen molar-refractivity contribution in [3.63, 3.8) is 0 Å². The number of aromatic nitrogens is 2. The normalized spacial score (nSPS) is 38.5.